The number of para-hydroxylation sites is 1. The van der Waals surface area contributed by atoms with Gasteiger partial charge in [0.15, 0.2) is 12.3 Å². The topological polar surface area (TPSA) is 83.3 Å². The number of nitriles is 1. The third-order valence-corrected chi connectivity index (χ3v) is 4.84. The van der Waals surface area contributed by atoms with E-state index in [2.05, 4.69) is 4.98 Å². The minimum absolute atomic E-state index is 0.110. The van der Waals surface area contributed by atoms with Crippen LogP contribution >= 0.6 is 22.9 Å². The highest BCUT2D eigenvalue weighted by Crippen LogP contribution is 2.26. The number of nitrogens with zero attached hydrogens (tertiary/aromatic N) is 3. The minimum atomic E-state index is -0.706. The molecule has 0 bridgehead atoms. The van der Waals surface area contributed by atoms with Crippen molar-refractivity contribution in [2.24, 2.45) is 0 Å². The zero-order valence-electron chi connectivity index (χ0n) is 14.5. The van der Waals surface area contributed by atoms with Crippen molar-refractivity contribution in [3.63, 3.8) is 0 Å². The minimum Gasteiger partial charge on any atom is -0.451 e. The normalized spacial score (nSPS) is 10.1. The Balaban J connectivity index is 1.65. The molecule has 0 fully saturated rings. The molecule has 0 N–H and O–H groups in total. The SMILES string of the molecule is N#CCN(C(=O)COC(=O)c1csc(-c2cccc(Cl)c2)n1)c1ccccc1. The smallest absolute Gasteiger partial charge is 0.358 e. The van der Waals surface area contributed by atoms with E-state index in [1.807, 2.05) is 12.1 Å². The van der Waals surface area contributed by atoms with Gasteiger partial charge in [-0.3, -0.25) is 9.69 Å². The maximum absolute atomic E-state index is 12.4. The van der Waals surface area contributed by atoms with Gasteiger partial charge in [-0.2, -0.15) is 5.26 Å². The van der Waals surface area contributed by atoms with E-state index in [-0.39, 0.29) is 12.2 Å². The lowest BCUT2D eigenvalue weighted by atomic mass is 10.2. The highest BCUT2D eigenvalue weighted by atomic mass is 35.5. The van der Waals surface area contributed by atoms with E-state index in [4.69, 9.17) is 21.6 Å². The molecule has 0 aliphatic carbocycles. The summed E-state index contributed by atoms with van der Waals surface area (Å²) in [5.74, 6) is -1.20. The first kappa shape index (κ1) is 19.5. The maximum atomic E-state index is 12.4. The van der Waals surface area contributed by atoms with Crippen LogP contribution < -0.4 is 4.90 Å². The van der Waals surface area contributed by atoms with E-state index in [1.54, 1.807) is 53.9 Å². The fourth-order valence-electron chi connectivity index (χ4n) is 2.40. The largest absolute Gasteiger partial charge is 0.451 e. The van der Waals surface area contributed by atoms with Gasteiger partial charge in [0.1, 0.15) is 11.6 Å². The van der Waals surface area contributed by atoms with E-state index in [9.17, 15) is 9.59 Å². The van der Waals surface area contributed by atoms with Gasteiger partial charge in [0.05, 0.1) is 6.07 Å². The second-order valence-electron chi connectivity index (χ2n) is 5.60. The molecule has 0 spiro atoms. The molecule has 0 aliphatic rings. The summed E-state index contributed by atoms with van der Waals surface area (Å²) in [5.41, 5.74) is 1.46. The van der Waals surface area contributed by atoms with Gasteiger partial charge in [-0.05, 0) is 24.3 Å². The second kappa shape index (κ2) is 9.13. The summed E-state index contributed by atoms with van der Waals surface area (Å²) in [6.45, 7) is -0.630. The molecule has 0 radical (unpaired) electrons. The predicted octanol–water partition coefficient (Wildman–Crippen LogP) is 4.18. The van der Waals surface area contributed by atoms with Crippen LogP contribution in [0.4, 0.5) is 5.69 Å². The summed E-state index contributed by atoms with van der Waals surface area (Å²) in [7, 11) is 0. The van der Waals surface area contributed by atoms with E-state index in [0.29, 0.717) is 15.7 Å². The number of thiazole rings is 1. The first-order valence-corrected chi connectivity index (χ1v) is 9.45. The van der Waals surface area contributed by atoms with Crippen molar-refractivity contribution in [2.75, 3.05) is 18.1 Å². The van der Waals surface area contributed by atoms with Crippen molar-refractivity contribution >= 4 is 40.5 Å². The van der Waals surface area contributed by atoms with Gasteiger partial charge >= 0.3 is 5.97 Å². The molecule has 6 nitrogen and oxygen atoms in total. The quantitative estimate of drug-likeness (QED) is 0.449. The number of halogens is 1. The van der Waals surface area contributed by atoms with Gasteiger partial charge in [0.2, 0.25) is 0 Å². The molecule has 3 aromatic rings. The number of hydrogen-bond donors (Lipinski definition) is 0. The first-order chi connectivity index (χ1) is 13.6. The van der Waals surface area contributed by atoms with E-state index < -0.39 is 18.5 Å². The van der Waals surface area contributed by atoms with Crippen molar-refractivity contribution in [1.82, 2.24) is 4.98 Å². The van der Waals surface area contributed by atoms with Gasteiger partial charge in [-0.15, -0.1) is 11.3 Å². The van der Waals surface area contributed by atoms with E-state index in [0.717, 1.165) is 5.56 Å². The van der Waals surface area contributed by atoms with Crippen LogP contribution in [-0.4, -0.2) is 30.0 Å². The van der Waals surface area contributed by atoms with Crippen molar-refractivity contribution in [3.05, 3.63) is 70.7 Å². The Kier molecular flexibility index (Phi) is 6.37. The summed E-state index contributed by atoms with van der Waals surface area (Å²) in [4.78, 5) is 30.1. The average molecular weight is 412 g/mol. The van der Waals surface area contributed by atoms with Crippen LogP contribution in [0.15, 0.2) is 60.0 Å². The Hall–Kier alpha value is -3.21. The lowest BCUT2D eigenvalue weighted by Crippen LogP contribution is -2.35. The molecule has 0 atom stereocenters. The predicted molar refractivity (Wildman–Crippen MR) is 107 cm³/mol. The van der Waals surface area contributed by atoms with Crippen LogP contribution in [0.2, 0.25) is 5.02 Å². The summed E-state index contributed by atoms with van der Waals surface area (Å²) < 4.78 is 5.09. The van der Waals surface area contributed by atoms with Crippen LogP contribution in [0.3, 0.4) is 0 Å². The zero-order valence-corrected chi connectivity index (χ0v) is 16.1. The molecule has 1 amide bonds. The Labute approximate surface area is 170 Å². The molecule has 0 aliphatic heterocycles. The van der Waals surface area contributed by atoms with Crippen LogP contribution in [0, 0.1) is 11.3 Å². The molecule has 0 saturated carbocycles. The summed E-state index contributed by atoms with van der Waals surface area (Å²) in [6.07, 6.45) is 0. The van der Waals surface area contributed by atoms with Crippen LogP contribution in [0.5, 0.6) is 0 Å². The number of amides is 1. The molecule has 28 heavy (non-hydrogen) atoms. The number of carbonyl (C=O) groups excluding carboxylic acids is 2. The number of rotatable bonds is 6. The molecule has 3 rings (SSSR count). The van der Waals surface area contributed by atoms with Crippen molar-refractivity contribution < 1.29 is 14.3 Å². The fraction of sp³-hybridized carbons (Fsp3) is 0.100. The number of esters is 1. The van der Waals surface area contributed by atoms with Crippen LogP contribution in [-0.2, 0) is 9.53 Å². The van der Waals surface area contributed by atoms with E-state index >= 15 is 0 Å². The average Bonchev–Trinajstić information content (AvgIpc) is 3.21. The van der Waals surface area contributed by atoms with Crippen molar-refractivity contribution in [1.29, 1.82) is 5.26 Å². The second-order valence-corrected chi connectivity index (χ2v) is 6.89. The lowest BCUT2D eigenvalue weighted by molar-refractivity contribution is -0.121. The number of hydrogen-bond acceptors (Lipinski definition) is 6. The highest BCUT2D eigenvalue weighted by molar-refractivity contribution is 7.13. The lowest BCUT2D eigenvalue weighted by Gasteiger charge is -2.19. The maximum Gasteiger partial charge on any atom is 0.358 e. The molecule has 0 saturated heterocycles. The Morgan fingerprint density at radius 2 is 1.96 bits per heavy atom. The van der Waals surface area contributed by atoms with E-state index in [1.165, 1.54) is 16.2 Å². The fourth-order valence-corrected chi connectivity index (χ4v) is 3.38. The molecule has 1 heterocycles. The van der Waals surface area contributed by atoms with Gasteiger partial charge in [0, 0.05) is 21.7 Å². The summed E-state index contributed by atoms with van der Waals surface area (Å²) in [6, 6.07) is 17.8. The van der Waals surface area contributed by atoms with Gasteiger partial charge in [0.25, 0.3) is 5.91 Å². The number of carbonyl (C=O) groups is 2. The van der Waals surface area contributed by atoms with Crippen LogP contribution in [0.1, 0.15) is 10.5 Å². The number of ether oxygens (including phenoxy) is 1. The molecule has 140 valence electrons. The first-order valence-electron chi connectivity index (χ1n) is 8.19. The zero-order chi connectivity index (χ0) is 19.9. The van der Waals surface area contributed by atoms with Crippen LogP contribution in [0.25, 0.3) is 10.6 Å². The summed E-state index contributed by atoms with van der Waals surface area (Å²) in [5, 5.41) is 11.7. The Bertz CT molecular complexity index is 1030. The number of aromatic nitrogens is 1. The van der Waals surface area contributed by atoms with Crippen molar-refractivity contribution in [3.8, 4) is 16.6 Å². The monoisotopic (exact) mass is 411 g/mol. The molecule has 8 heteroatoms. The summed E-state index contributed by atoms with van der Waals surface area (Å²) >= 11 is 7.25. The number of anilines is 1. The molecule has 0 unspecified atom stereocenters. The highest BCUT2D eigenvalue weighted by Gasteiger charge is 2.19. The third kappa shape index (κ3) is 4.74. The standard InChI is InChI=1S/C20H14ClN3O3S/c21-15-6-4-5-14(11-15)19-23-17(13-28-19)20(26)27-12-18(25)24(10-9-22)16-7-2-1-3-8-16/h1-8,11,13H,10,12H2. The molecular formula is C20H14ClN3O3S. The molecular weight excluding hydrogens is 398 g/mol. The van der Waals surface area contributed by atoms with Gasteiger partial charge in [-0.25, -0.2) is 9.78 Å². The molecule has 2 aromatic carbocycles. The molecule has 1 aromatic heterocycles. The third-order valence-electron chi connectivity index (χ3n) is 3.71. The Morgan fingerprint density at radius 3 is 2.68 bits per heavy atom. The number of benzene rings is 2. The van der Waals surface area contributed by atoms with Crippen molar-refractivity contribution in [2.45, 2.75) is 0 Å². The Morgan fingerprint density at radius 1 is 1.18 bits per heavy atom. The van der Waals surface area contributed by atoms with Gasteiger partial charge in [-0.1, -0.05) is 41.9 Å². The van der Waals surface area contributed by atoms with Gasteiger partial charge < -0.3 is 4.74 Å².